The molecule has 0 N–H and O–H groups in total. The molecule has 0 aliphatic carbocycles. The van der Waals surface area contributed by atoms with Gasteiger partial charge < -0.3 is 39.7 Å². The fourth-order valence-electron chi connectivity index (χ4n) is 5.67. The first-order valence-electron chi connectivity index (χ1n) is 18.4. The fourth-order valence-corrected chi connectivity index (χ4v) is 5.67. The average Bonchev–Trinajstić information content (AvgIpc) is 3.90. The molecule has 0 bridgehead atoms. The second kappa shape index (κ2) is 15.8. The maximum atomic E-state index is 9.56. The van der Waals surface area contributed by atoms with Gasteiger partial charge in [0.2, 0.25) is 5.69 Å². The SMILES string of the molecule is CC(C)c1n[n-]c2c(N=Nc3[n-]nc(C(C)(C)C)c3C#N)c(C(C)(C)C)nn12.[C-]#[N+]c1c(C(C)(C)C)n[n-]c1N=Nc1c(C(C)(C)C)nn2c(C(C)C)n[n-]c12.[Co]. The van der Waals surface area contributed by atoms with Crippen LogP contribution in [-0.4, -0.2) is 39.6 Å². The van der Waals surface area contributed by atoms with Crippen LogP contribution in [0, 0.1) is 17.9 Å². The van der Waals surface area contributed by atoms with Gasteiger partial charge in [0.1, 0.15) is 6.07 Å². The molecule has 6 aromatic heterocycles. The molecule has 1 radical (unpaired) electrons. The molecule has 0 spiro atoms. The zero-order valence-electron chi connectivity index (χ0n) is 35.5. The van der Waals surface area contributed by atoms with E-state index in [1.165, 1.54) is 0 Å². The minimum absolute atomic E-state index is 0. The van der Waals surface area contributed by atoms with E-state index in [1.54, 1.807) is 9.03 Å². The number of nitriles is 1. The molecule has 0 unspecified atom stereocenters. The Kier molecular flexibility index (Phi) is 12.2. The second-order valence-electron chi connectivity index (χ2n) is 18.4. The number of azo groups is 2. The minimum Gasteiger partial charge on any atom is -0.365 e. The molecule has 6 aromatic rings. The van der Waals surface area contributed by atoms with E-state index in [9.17, 15) is 5.26 Å². The van der Waals surface area contributed by atoms with Gasteiger partial charge >= 0.3 is 0 Å². The summed E-state index contributed by atoms with van der Waals surface area (Å²) in [6.07, 6.45) is 0. The van der Waals surface area contributed by atoms with Gasteiger partial charge in [-0.3, -0.25) is 40.8 Å². The molecule has 0 fully saturated rings. The number of nitrogens with zero attached hydrogens (tertiary/aromatic N) is 18. The van der Waals surface area contributed by atoms with Crippen molar-refractivity contribution in [2.24, 2.45) is 20.5 Å². The quantitative estimate of drug-likeness (QED) is 0.114. The molecule has 57 heavy (non-hydrogen) atoms. The number of hydrogen-bond donors (Lipinski definition) is 0. The van der Waals surface area contributed by atoms with Crippen LogP contribution in [0.2, 0.25) is 0 Å². The molecule has 0 aliphatic rings. The summed E-state index contributed by atoms with van der Waals surface area (Å²) in [5.74, 6) is 2.29. The molecule has 19 heteroatoms. The van der Waals surface area contributed by atoms with Gasteiger partial charge in [-0.25, -0.2) is 4.85 Å². The maximum absolute atomic E-state index is 9.56. The average molecular weight is 818 g/mol. The summed E-state index contributed by atoms with van der Waals surface area (Å²) in [7, 11) is 0. The van der Waals surface area contributed by atoms with Gasteiger partial charge in [0.05, 0.1) is 46.3 Å². The predicted molar refractivity (Wildman–Crippen MR) is 210 cm³/mol. The Labute approximate surface area is 343 Å². The monoisotopic (exact) mass is 817 g/mol. The van der Waals surface area contributed by atoms with Crippen LogP contribution in [0.25, 0.3) is 16.1 Å². The van der Waals surface area contributed by atoms with Crippen LogP contribution in [0.5, 0.6) is 0 Å². The molecule has 0 aliphatic heterocycles. The summed E-state index contributed by atoms with van der Waals surface area (Å²) in [5, 5.41) is 69.7. The smallest absolute Gasteiger partial charge is 0.210 e. The van der Waals surface area contributed by atoms with Gasteiger partial charge in [-0.2, -0.15) is 5.26 Å². The van der Waals surface area contributed by atoms with Crippen LogP contribution in [0.1, 0.15) is 163 Å². The molecule has 305 valence electrons. The Bertz CT molecular complexity index is 2330. The Hall–Kier alpha value is -5.53. The van der Waals surface area contributed by atoms with Crippen LogP contribution in [-0.2, 0) is 38.4 Å². The third-order valence-electron chi connectivity index (χ3n) is 8.58. The first kappa shape index (κ1) is 44.2. The standard InChI is InChI=1S/2C19H25N9.Co/c1-10(2)16-25-26-17-12(14(19(6,7)8)27-28(16)17)21-23-15-11(20-9)13(22-24-15)18(3,4)5;1-10(2)16-25-26-17-12(14(19(6,7)8)27-28(16)17)21-23-15-11(9-20)13(22-24-15)18(3,4)5;/h2*10H,1-8H3;/q2*-2;. The van der Waals surface area contributed by atoms with Crippen LogP contribution in [0.15, 0.2) is 20.5 Å². The van der Waals surface area contributed by atoms with E-state index in [0.717, 1.165) is 23.0 Å². The molecule has 6 rings (SSSR count). The van der Waals surface area contributed by atoms with E-state index in [1.807, 2.05) is 69.2 Å². The van der Waals surface area contributed by atoms with Crippen molar-refractivity contribution >= 4 is 40.0 Å². The van der Waals surface area contributed by atoms with Gasteiger partial charge in [-0.15, -0.1) is 0 Å². The Morgan fingerprint density at radius 1 is 0.579 bits per heavy atom. The van der Waals surface area contributed by atoms with Gasteiger partial charge in [-0.1, -0.05) is 111 Å². The van der Waals surface area contributed by atoms with Crippen LogP contribution < -0.4 is 20.4 Å². The zero-order chi connectivity index (χ0) is 41.7. The number of aromatic nitrogens is 12. The summed E-state index contributed by atoms with van der Waals surface area (Å²) in [4.78, 5) is 3.58. The molecule has 0 atom stereocenters. The molecule has 0 saturated carbocycles. The second-order valence-corrected chi connectivity index (χ2v) is 18.4. The van der Waals surface area contributed by atoms with Crippen LogP contribution >= 0.6 is 0 Å². The van der Waals surface area contributed by atoms with Gasteiger partial charge in [0.15, 0.2) is 0 Å². The van der Waals surface area contributed by atoms with E-state index >= 15 is 0 Å². The third-order valence-corrected chi connectivity index (χ3v) is 8.58. The first-order valence-corrected chi connectivity index (χ1v) is 18.4. The van der Waals surface area contributed by atoms with E-state index in [-0.39, 0.29) is 61.9 Å². The Balaban J connectivity index is 0.000000248. The Morgan fingerprint density at radius 3 is 1.33 bits per heavy atom. The van der Waals surface area contributed by atoms with Crippen molar-refractivity contribution in [1.29, 1.82) is 5.26 Å². The van der Waals surface area contributed by atoms with E-state index in [4.69, 9.17) is 16.8 Å². The molecular formula is C38H50CoN18-4. The van der Waals surface area contributed by atoms with Crippen molar-refractivity contribution in [1.82, 2.24) is 60.0 Å². The van der Waals surface area contributed by atoms with Gasteiger partial charge in [0, 0.05) is 56.0 Å². The van der Waals surface area contributed by atoms with E-state index in [2.05, 4.69) is 114 Å². The zero-order valence-corrected chi connectivity index (χ0v) is 36.6. The van der Waals surface area contributed by atoms with E-state index in [0.29, 0.717) is 45.3 Å². The number of rotatable bonds is 6. The Morgan fingerprint density at radius 2 is 0.965 bits per heavy atom. The topological polar surface area (TPSA) is 220 Å². The summed E-state index contributed by atoms with van der Waals surface area (Å²) in [5.41, 5.74) is 4.46. The van der Waals surface area contributed by atoms with Crippen LogP contribution in [0.3, 0.4) is 0 Å². The van der Waals surface area contributed by atoms with Gasteiger partial charge in [-0.05, 0) is 28.9 Å². The minimum atomic E-state index is -0.309. The summed E-state index contributed by atoms with van der Waals surface area (Å²) < 4.78 is 3.45. The maximum Gasteiger partial charge on any atom is 0.210 e. The fraction of sp³-hybridized carbons (Fsp3) is 0.579. The van der Waals surface area contributed by atoms with Crippen molar-refractivity contribution in [3.8, 4) is 6.07 Å². The molecule has 18 nitrogen and oxygen atoms in total. The summed E-state index contributed by atoms with van der Waals surface area (Å²) in [6, 6.07) is 2.15. The molecule has 0 amide bonds. The largest absolute Gasteiger partial charge is 0.365 e. The van der Waals surface area contributed by atoms with Crippen LogP contribution in [0.4, 0.5) is 28.7 Å². The summed E-state index contributed by atoms with van der Waals surface area (Å²) >= 11 is 0. The summed E-state index contributed by atoms with van der Waals surface area (Å²) in [6.45, 7) is 39.9. The van der Waals surface area contributed by atoms with Crippen molar-refractivity contribution in [3.05, 3.63) is 51.4 Å². The first-order chi connectivity index (χ1) is 25.9. The molecule has 6 heterocycles. The normalized spacial score (nSPS) is 12.9. The van der Waals surface area contributed by atoms with Crippen molar-refractivity contribution in [2.45, 2.75) is 144 Å². The predicted octanol–water partition coefficient (Wildman–Crippen LogP) is 8.76. The molecular weight excluding hydrogens is 767 g/mol. The molecule has 0 saturated heterocycles. The van der Waals surface area contributed by atoms with Crippen molar-refractivity contribution in [2.75, 3.05) is 0 Å². The number of hydrogen-bond acceptors (Lipinski definition) is 11. The number of fused-ring (bicyclic) bond motifs is 2. The van der Waals surface area contributed by atoms with E-state index < -0.39 is 0 Å². The molecule has 0 aromatic carbocycles. The van der Waals surface area contributed by atoms with Crippen molar-refractivity contribution < 1.29 is 16.8 Å². The third kappa shape index (κ3) is 8.74. The van der Waals surface area contributed by atoms with Crippen molar-refractivity contribution in [3.63, 3.8) is 0 Å². The van der Waals surface area contributed by atoms with Gasteiger partial charge in [0.25, 0.3) is 0 Å².